The summed E-state index contributed by atoms with van der Waals surface area (Å²) >= 11 is 2.03. The molecule has 74 valence electrons. The summed E-state index contributed by atoms with van der Waals surface area (Å²) in [7, 11) is 0. The minimum Gasteiger partial charge on any atom is -0.352 e. The van der Waals surface area contributed by atoms with Crippen LogP contribution in [0.4, 0.5) is 0 Å². The quantitative estimate of drug-likeness (QED) is 0.696. The van der Waals surface area contributed by atoms with Gasteiger partial charge in [0.15, 0.2) is 0 Å². The summed E-state index contributed by atoms with van der Waals surface area (Å²) in [5.41, 5.74) is 0. The molecule has 13 heavy (non-hydrogen) atoms. The smallest absolute Gasteiger partial charge is 0.220 e. The van der Waals surface area contributed by atoms with Gasteiger partial charge in [-0.25, -0.2) is 0 Å². The van der Waals surface area contributed by atoms with Gasteiger partial charge in [-0.1, -0.05) is 0 Å². The van der Waals surface area contributed by atoms with Gasteiger partial charge < -0.3 is 5.32 Å². The van der Waals surface area contributed by atoms with E-state index in [0.717, 1.165) is 19.4 Å². The molecular weight excluding hydrogens is 184 g/mol. The molecule has 1 N–H and O–H groups in total. The Kier molecular flexibility index (Phi) is 3.11. The maximum absolute atomic E-state index is 11.0. The molecule has 0 aromatic carbocycles. The molecule has 2 aliphatic rings. The summed E-state index contributed by atoms with van der Waals surface area (Å²) in [5.74, 6) is 2.73. The first-order valence-corrected chi connectivity index (χ1v) is 6.09. The van der Waals surface area contributed by atoms with E-state index in [1.165, 1.54) is 24.6 Å². The highest BCUT2D eigenvalue weighted by molar-refractivity contribution is 7.99. The van der Waals surface area contributed by atoms with E-state index < -0.39 is 0 Å². The first-order valence-electron chi connectivity index (χ1n) is 4.94. The van der Waals surface area contributed by atoms with Gasteiger partial charge in [0.2, 0.25) is 5.91 Å². The van der Waals surface area contributed by atoms with Crippen molar-refractivity contribution in [1.29, 1.82) is 0 Å². The first-order chi connectivity index (χ1) is 6.34. The topological polar surface area (TPSA) is 32.3 Å². The fourth-order valence-electron chi connectivity index (χ4n) is 1.91. The minimum absolute atomic E-state index is 0.233. The van der Waals surface area contributed by atoms with Gasteiger partial charge in [0, 0.05) is 43.6 Å². The van der Waals surface area contributed by atoms with Crippen molar-refractivity contribution in [3.63, 3.8) is 0 Å². The van der Waals surface area contributed by atoms with Crippen LogP contribution in [0.3, 0.4) is 0 Å². The van der Waals surface area contributed by atoms with Crippen molar-refractivity contribution in [2.45, 2.75) is 18.9 Å². The van der Waals surface area contributed by atoms with Crippen molar-refractivity contribution >= 4 is 17.7 Å². The molecule has 2 rings (SSSR count). The van der Waals surface area contributed by atoms with Crippen LogP contribution in [0.25, 0.3) is 0 Å². The Morgan fingerprint density at radius 3 is 2.85 bits per heavy atom. The molecule has 2 heterocycles. The fraction of sp³-hybridized carbons (Fsp3) is 0.889. The minimum atomic E-state index is 0.233. The molecule has 0 aliphatic carbocycles. The van der Waals surface area contributed by atoms with Crippen LogP contribution in [0.1, 0.15) is 12.8 Å². The molecule has 4 heteroatoms. The predicted molar refractivity (Wildman–Crippen MR) is 54.9 cm³/mol. The number of amides is 1. The SMILES string of the molecule is O=C1CCC(CN2CCSCC2)N1. The Labute approximate surface area is 83.2 Å². The Balaban J connectivity index is 1.73. The zero-order chi connectivity index (χ0) is 9.10. The molecule has 0 spiro atoms. The zero-order valence-electron chi connectivity index (χ0n) is 7.79. The van der Waals surface area contributed by atoms with Crippen LogP contribution in [-0.4, -0.2) is 48.0 Å². The highest BCUT2D eigenvalue weighted by atomic mass is 32.2. The molecule has 1 unspecified atom stereocenters. The molecule has 0 saturated carbocycles. The standard InChI is InChI=1S/C9H16N2OS/c12-9-2-1-8(10-9)7-11-3-5-13-6-4-11/h8H,1-7H2,(H,10,12). The van der Waals surface area contributed by atoms with Gasteiger partial charge in [0.1, 0.15) is 0 Å². The molecular formula is C9H16N2OS. The van der Waals surface area contributed by atoms with Crippen molar-refractivity contribution < 1.29 is 4.79 Å². The lowest BCUT2D eigenvalue weighted by atomic mass is 10.2. The third-order valence-corrected chi connectivity index (χ3v) is 3.61. The lowest BCUT2D eigenvalue weighted by Crippen LogP contribution is -2.42. The third kappa shape index (κ3) is 2.61. The van der Waals surface area contributed by atoms with Crippen LogP contribution in [-0.2, 0) is 4.79 Å². The van der Waals surface area contributed by atoms with Gasteiger partial charge in [-0.15, -0.1) is 0 Å². The van der Waals surface area contributed by atoms with E-state index in [1.54, 1.807) is 0 Å². The predicted octanol–water partition coefficient (Wildman–Crippen LogP) is 0.314. The lowest BCUT2D eigenvalue weighted by Gasteiger charge is -2.28. The molecule has 2 fully saturated rings. The molecule has 1 amide bonds. The van der Waals surface area contributed by atoms with Crippen LogP contribution in [0, 0.1) is 0 Å². The van der Waals surface area contributed by atoms with E-state index in [4.69, 9.17) is 0 Å². The second kappa shape index (κ2) is 4.33. The number of rotatable bonds is 2. The summed E-state index contributed by atoms with van der Waals surface area (Å²) in [6, 6.07) is 0.426. The average molecular weight is 200 g/mol. The Hall–Kier alpha value is -0.220. The highest BCUT2D eigenvalue weighted by Crippen LogP contribution is 2.13. The molecule has 0 aromatic rings. The molecule has 0 bridgehead atoms. The summed E-state index contributed by atoms with van der Waals surface area (Å²) < 4.78 is 0. The van der Waals surface area contributed by atoms with Crippen LogP contribution < -0.4 is 5.32 Å². The number of hydrogen-bond acceptors (Lipinski definition) is 3. The summed E-state index contributed by atoms with van der Waals surface area (Å²) in [4.78, 5) is 13.4. The largest absolute Gasteiger partial charge is 0.352 e. The van der Waals surface area contributed by atoms with Crippen molar-refractivity contribution in [3.8, 4) is 0 Å². The van der Waals surface area contributed by atoms with Gasteiger partial charge >= 0.3 is 0 Å². The van der Waals surface area contributed by atoms with E-state index in [2.05, 4.69) is 10.2 Å². The number of nitrogens with one attached hydrogen (secondary N) is 1. The average Bonchev–Trinajstić information content (AvgIpc) is 2.53. The van der Waals surface area contributed by atoms with Crippen molar-refractivity contribution in [2.75, 3.05) is 31.1 Å². The lowest BCUT2D eigenvalue weighted by molar-refractivity contribution is -0.119. The van der Waals surface area contributed by atoms with Gasteiger partial charge in [-0.3, -0.25) is 9.69 Å². The number of carbonyl (C=O) groups excluding carboxylic acids is 1. The van der Waals surface area contributed by atoms with Crippen molar-refractivity contribution in [3.05, 3.63) is 0 Å². The zero-order valence-corrected chi connectivity index (χ0v) is 8.61. The fourth-order valence-corrected chi connectivity index (χ4v) is 2.89. The normalized spacial score (nSPS) is 30.5. The molecule has 0 aromatic heterocycles. The Morgan fingerprint density at radius 1 is 1.46 bits per heavy atom. The van der Waals surface area contributed by atoms with Gasteiger partial charge in [-0.05, 0) is 6.42 Å². The van der Waals surface area contributed by atoms with Crippen LogP contribution in [0.15, 0.2) is 0 Å². The van der Waals surface area contributed by atoms with Crippen LogP contribution in [0.5, 0.6) is 0 Å². The number of thioether (sulfide) groups is 1. The number of carbonyl (C=O) groups is 1. The van der Waals surface area contributed by atoms with Crippen molar-refractivity contribution in [1.82, 2.24) is 10.2 Å². The summed E-state index contributed by atoms with van der Waals surface area (Å²) in [6.07, 6.45) is 1.76. The first kappa shape index (κ1) is 9.34. The van der Waals surface area contributed by atoms with Gasteiger partial charge in [0.25, 0.3) is 0 Å². The van der Waals surface area contributed by atoms with Crippen LogP contribution >= 0.6 is 11.8 Å². The van der Waals surface area contributed by atoms with E-state index in [1.807, 2.05) is 11.8 Å². The summed E-state index contributed by atoms with van der Waals surface area (Å²) in [6.45, 7) is 3.44. The molecule has 2 saturated heterocycles. The van der Waals surface area contributed by atoms with E-state index in [-0.39, 0.29) is 5.91 Å². The maximum Gasteiger partial charge on any atom is 0.220 e. The molecule has 1 atom stereocenters. The van der Waals surface area contributed by atoms with E-state index >= 15 is 0 Å². The molecule has 0 radical (unpaired) electrons. The van der Waals surface area contributed by atoms with Crippen LogP contribution in [0.2, 0.25) is 0 Å². The van der Waals surface area contributed by atoms with Gasteiger partial charge in [-0.2, -0.15) is 11.8 Å². The van der Waals surface area contributed by atoms with Gasteiger partial charge in [0.05, 0.1) is 0 Å². The second-order valence-corrected chi connectivity index (χ2v) is 4.94. The van der Waals surface area contributed by atoms with Crippen molar-refractivity contribution in [2.24, 2.45) is 0 Å². The maximum atomic E-state index is 11.0. The Morgan fingerprint density at radius 2 is 2.23 bits per heavy atom. The second-order valence-electron chi connectivity index (χ2n) is 3.72. The number of nitrogens with zero attached hydrogens (tertiary/aromatic N) is 1. The number of hydrogen-bond donors (Lipinski definition) is 1. The highest BCUT2D eigenvalue weighted by Gasteiger charge is 2.23. The Bertz CT molecular complexity index is 192. The third-order valence-electron chi connectivity index (χ3n) is 2.67. The monoisotopic (exact) mass is 200 g/mol. The molecule has 2 aliphatic heterocycles. The summed E-state index contributed by atoms with van der Waals surface area (Å²) in [5, 5.41) is 3.01. The molecule has 3 nitrogen and oxygen atoms in total. The van der Waals surface area contributed by atoms with E-state index in [9.17, 15) is 4.79 Å². The van der Waals surface area contributed by atoms with E-state index in [0.29, 0.717) is 6.04 Å².